The van der Waals surface area contributed by atoms with Crippen molar-refractivity contribution < 1.29 is 19.8 Å². The number of amides is 3. The van der Waals surface area contributed by atoms with Crippen LogP contribution in [-0.2, 0) is 16.6 Å². The van der Waals surface area contributed by atoms with Crippen LogP contribution in [0.1, 0.15) is 50.7 Å². The summed E-state index contributed by atoms with van der Waals surface area (Å²) >= 11 is 0. The van der Waals surface area contributed by atoms with Crippen LogP contribution in [0.5, 0.6) is 5.75 Å². The third kappa shape index (κ3) is 3.30. The zero-order valence-electron chi connectivity index (χ0n) is 17.2. The molecule has 158 valence electrons. The molecule has 0 aromatic heterocycles. The molecule has 1 aromatic rings. The SMILES string of the molecule is CC(C)CCN1CC[C@]23CC(=O)NC(=O)NCC[C@@]2(O)[C@H]1Cc1ccc(O)cc13. The molecule has 0 spiro atoms. The van der Waals surface area contributed by atoms with Crippen molar-refractivity contribution in [3.05, 3.63) is 29.3 Å². The highest BCUT2D eigenvalue weighted by molar-refractivity contribution is 5.95. The lowest BCUT2D eigenvalue weighted by atomic mass is 9.52. The van der Waals surface area contributed by atoms with Crippen LogP contribution in [0.15, 0.2) is 18.2 Å². The van der Waals surface area contributed by atoms with Crippen LogP contribution in [0.25, 0.3) is 0 Å². The van der Waals surface area contributed by atoms with E-state index < -0.39 is 23.0 Å². The van der Waals surface area contributed by atoms with Crippen molar-refractivity contribution in [2.45, 2.75) is 63.0 Å². The number of nitrogens with one attached hydrogen (secondary N) is 2. The average Bonchev–Trinajstić information content (AvgIpc) is 2.68. The molecule has 3 amide bonds. The molecule has 1 aliphatic carbocycles. The lowest BCUT2D eigenvalue weighted by Crippen LogP contribution is -2.72. The van der Waals surface area contributed by atoms with Gasteiger partial charge in [0.25, 0.3) is 0 Å². The van der Waals surface area contributed by atoms with Gasteiger partial charge in [-0.3, -0.25) is 15.0 Å². The fraction of sp³-hybridized carbons (Fsp3) is 0.636. The second-order valence-electron chi connectivity index (χ2n) is 9.27. The summed E-state index contributed by atoms with van der Waals surface area (Å²) in [5.74, 6) is 0.304. The van der Waals surface area contributed by atoms with E-state index in [0.29, 0.717) is 31.7 Å². The van der Waals surface area contributed by atoms with Gasteiger partial charge in [-0.2, -0.15) is 0 Å². The number of carbonyl (C=O) groups is 2. The van der Waals surface area contributed by atoms with Crippen molar-refractivity contribution in [3.63, 3.8) is 0 Å². The number of likely N-dealkylation sites (tertiary alicyclic amines) is 1. The molecule has 3 atom stereocenters. The van der Waals surface area contributed by atoms with E-state index in [-0.39, 0.29) is 18.2 Å². The fourth-order valence-electron chi connectivity index (χ4n) is 5.68. The van der Waals surface area contributed by atoms with Gasteiger partial charge in [-0.15, -0.1) is 0 Å². The number of nitrogens with zero attached hydrogens (tertiary/aromatic N) is 1. The number of carbonyl (C=O) groups excluding carboxylic acids is 2. The highest BCUT2D eigenvalue weighted by Crippen LogP contribution is 2.55. The lowest BCUT2D eigenvalue weighted by molar-refractivity contribution is -0.158. The molecule has 0 radical (unpaired) electrons. The Morgan fingerprint density at radius 1 is 1.28 bits per heavy atom. The molecule has 1 aromatic carbocycles. The molecule has 4 N–H and O–H groups in total. The first-order valence-electron chi connectivity index (χ1n) is 10.6. The van der Waals surface area contributed by atoms with Crippen molar-refractivity contribution >= 4 is 11.9 Å². The number of benzene rings is 1. The topological polar surface area (TPSA) is 102 Å². The second-order valence-corrected chi connectivity index (χ2v) is 9.27. The van der Waals surface area contributed by atoms with Crippen LogP contribution in [0, 0.1) is 5.92 Å². The first kappa shape index (κ1) is 20.2. The minimum Gasteiger partial charge on any atom is -0.508 e. The van der Waals surface area contributed by atoms with Crippen LogP contribution in [0.3, 0.4) is 0 Å². The Hall–Kier alpha value is -2.12. The standard InChI is InChI=1S/C22H31N3O4/c1-14(2)5-9-25-10-7-21-13-19(27)24-20(28)23-8-6-22(21,29)18(25)11-15-3-4-16(26)12-17(15)21/h3-4,12,14,18,26,29H,5-11,13H2,1-2H3,(H2,23,24,27,28)/t18-,21-,22-/m1/s1. The Morgan fingerprint density at radius 2 is 2.07 bits per heavy atom. The molecule has 0 unspecified atom stereocenters. The Morgan fingerprint density at radius 3 is 2.83 bits per heavy atom. The summed E-state index contributed by atoms with van der Waals surface area (Å²) in [7, 11) is 0. The number of phenolic OH excluding ortho intramolecular Hbond substituents is 1. The largest absolute Gasteiger partial charge is 0.508 e. The first-order chi connectivity index (χ1) is 13.7. The molecule has 2 saturated heterocycles. The number of hydrogen-bond donors (Lipinski definition) is 4. The van der Waals surface area contributed by atoms with Crippen LogP contribution in [-0.4, -0.2) is 58.3 Å². The quantitative estimate of drug-likeness (QED) is 0.617. The molecule has 3 aliphatic rings. The van der Waals surface area contributed by atoms with Gasteiger partial charge in [0.05, 0.1) is 5.60 Å². The van der Waals surface area contributed by atoms with Gasteiger partial charge in [0.1, 0.15) is 5.75 Å². The maximum atomic E-state index is 12.7. The first-order valence-corrected chi connectivity index (χ1v) is 10.6. The number of piperidine rings is 1. The van der Waals surface area contributed by atoms with E-state index in [1.165, 1.54) is 0 Å². The van der Waals surface area contributed by atoms with Gasteiger partial charge in [0.2, 0.25) is 5.91 Å². The maximum Gasteiger partial charge on any atom is 0.321 e. The normalized spacial score (nSPS) is 32.3. The van der Waals surface area contributed by atoms with Gasteiger partial charge >= 0.3 is 6.03 Å². The van der Waals surface area contributed by atoms with E-state index in [9.17, 15) is 19.8 Å². The maximum absolute atomic E-state index is 12.7. The van der Waals surface area contributed by atoms with E-state index in [1.807, 2.05) is 6.07 Å². The molecule has 2 bridgehead atoms. The summed E-state index contributed by atoms with van der Waals surface area (Å²) in [4.78, 5) is 27.1. The highest BCUT2D eigenvalue weighted by atomic mass is 16.3. The van der Waals surface area contributed by atoms with Gasteiger partial charge in [0.15, 0.2) is 0 Å². The predicted octanol–water partition coefficient (Wildman–Crippen LogP) is 1.66. The van der Waals surface area contributed by atoms with Crippen molar-refractivity contribution in [3.8, 4) is 5.75 Å². The van der Waals surface area contributed by atoms with E-state index >= 15 is 0 Å². The summed E-state index contributed by atoms with van der Waals surface area (Å²) in [6.07, 6.45) is 2.71. The van der Waals surface area contributed by atoms with Crippen LogP contribution in [0.4, 0.5) is 4.79 Å². The Balaban J connectivity index is 1.84. The summed E-state index contributed by atoms with van der Waals surface area (Å²) in [6.45, 7) is 6.36. The van der Waals surface area contributed by atoms with E-state index in [4.69, 9.17) is 0 Å². The zero-order valence-corrected chi connectivity index (χ0v) is 17.2. The van der Waals surface area contributed by atoms with Gasteiger partial charge in [0, 0.05) is 24.4 Å². The molecule has 7 heteroatoms. The second kappa shape index (κ2) is 7.29. The fourth-order valence-corrected chi connectivity index (χ4v) is 5.68. The monoisotopic (exact) mass is 401 g/mol. The van der Waals surface area contributed by atoms with Gasteiger partial charge in [-0.05, 0) is 68.0 Å². The Labute approximate surface area is 171 Å². The average molecular weight is 402 g/mol. The highest BCUT2D eigenvalue weighted by Gasteiger charge is 2.63. The summed E-state index contributed by atoms with van der Waals surface area (Å²) in [5, 5.41) is 27.5. The number of fused-ring (bicyclic) bond motifs is 1. The molecular weight excluding hydrogens is 370 g/mol. The minimum atomic E-state index is -1.17. The molecule has 2 heterocycles. The summed E-state index contributed by atoms with van der Waals surface area (Å²) in [6, 6.07) is 4.65. The number of imide groups is 1. The van der Waals surface area contributed by atoms with E-state index in [0.717, 1.165) is 30.6 Å². The summed E-state index contributed by atoms with van der Waals surface area (Å²) < 4.78 is 0. The number of rotatable bonds is 3. The number of aromatic hydroxyl groups is 1. The number of phenols is 1. The van der Waals surface area contributed by atoms with Crippen molar-refractivity contribution in [2.75, 3.05) is 19.6 Å². The molecule has 4 rings (SSSR count). The minimum absolute atomic E-state index is 0.0297. The third-order valence-corrected chi connectivity index (χ3v) is 7.17. The van der Waals surface area contributed by atoms with E-state index in [1.54, 1.807) is 12.1 Å². The number of urea groups is 1. The van der Waals surface area contributed by atoms with Crippen molar-refractivity contribution in [1.29, 1.82) is 0 Å². The molecule has 2 fully saturated rings. The zero-order chi connectivity index (χ0) is 20.8. The predicted molar refractivity (Wildman–Crippen MR) is 109 cm³/mol. The number of hydrogen-bond acceptors (Lipinski definition) is 5. The Kier molecular flexibility index (Phi) is 5.07. The smallest absolute Gasteiger partial charge is 0.321 e. The summed E-state index contributed by atoms with van der Waals surface area (Å²) in [5.41, 5.74) is -0.0746. The molecule has 2 aliphatic heterocycles. The van der Waals surface area contributed by atoms with Gasteiger partial charge in [-0.25, -0.2) is 4.79 Å². The van der Waals surface area contributed by atoms with Gasteiger partial charge in [-0.1, -0.05) is 19.9 Å². The van der Waals surface area contributed by atoms with Crippen molar-refractivity contribution in [2.24, 2.45) is 5.92 Å². The molecule has 0 saturated carbocycles. The molecule has 29 heavy (non-hydrogen) atoms. The number of aliphatic hydroxyl groups is 1. The van der Waals surface area contributed by atoms with Gasteiger partial charge < -0.3 is 15.5 Å². The van der Waals surface area contributed by atoms with Crippen LogP contribution >= 0.6 is 0 Å². The Bertz CT molecular complexity index is 826. The van der Waals surface area contributed by atoms with E-state index in [2.05, 4.69) is 29.4 Å². The molecular formula is C22H31N3O4. The van der Waals surface area contributed by atoms with Crippen LogP contribution < -0.4 is 10.6 Å². The third-order valence-electron chi connectivity index (χ3n) is 7.17. The van der Waals surface area contributed by atoms with Crippen LogP contribution in [0.2, 0.25) is 0 Å². The molecule has 7 nitrogen and oxygen atoms in total. The van der Waals surface area contributed by atoms with Crippen molar-refractivity contribution in [1.82, 2.24) is 15.5 Å². The lowest BCUT2D eigenvalue weighted by Gasteiger charge is -2.61.